The highest BCUT2D eigenvalue weighted by molar-refractivity contribution is 5.70. The molecule has 1 saturated heterocycles. The van der Waals surface area contributed by atoms with Gasteiger partial charge in [0.05, 0.1) is 13.2 Å². The van der Waals surface area contributed by atoms with Crippen LogP contribution < -0.4 is 0 Å². The Kier molecular flexibility index (Phi) is 38.6. The highest BCUT2D eigenvalue weighted by Crippen LogP contribution is 2.23. The van der Waals surface area contributed by atoms with Gasteiger partial charge in [0.15, 0.2) is 12.4 Å². The van der Waals surface area contributed by atoms with Crippen molar-refractivity contribution in [1.29, 1.82) is 0 Å². The summed E-state index contributed by atoms with van der Waals surface area (Å²) in [7, 11) is 0. The first-order valence-electron chi connectivity index (χ1n) is 24.9. The predicted octanol–water partition coefficient (Wildman–Crippen LogP) is 11.3. The second kappa shape index (κ2) is 41.2. The fourth-order valence-electron chi connectivity index (χ4n) is 7.63. The molecule has 1 aliphatic heterocycles. The standard InChI is InChI=1S/C50H92O10/c1-3-5-7-9-11-13-15-17-19-21-23-25-27-29-31-33-35-37-39-46(53)59-43(42-58-50-49(56)48(55)47(54)44(40-51)60-50)41-57-45(52)38-36-34-32-30-28-26-24-22-20-18-16-14-12-10-8-6-4-2/h13,15,19,21,43-44,47-51,54-56H,3-12,14,16-18,20,22-42H2,1-2H3/b15-13-,21-19-. The summed E-state index contributed by atoms with van der Waals surface area (Å²) >= 11 is 0. The number of esters is 2. The Hall–Kier alpha value is -1.82. The Morgan fingerprint density at radius 1 is 0.517 bits per heavy atom. The number of aliphatic hydroxyl groups is 4. The number of aliphatic hydroxyl groups excluding tert-OH is 4. The number of carbonyl (C=O) groups is 2. The van der Waals surface area contributed by atoms with Gasteiger partial charge in [-0.15, -0.1) is 0 Å². The number of unbranched alkanes of at least 4 members (excludes halogenated alkanes) is 27. The Morgan fingerprint density at radius 2 is 0.933 bits per heavy atom. The van der Waals surface area contributed by atoms with Crippen molar-refractivity contribution in [1.82, 2.24) is 0 Å². The van der Waals surface area contributed by atoms with Crippen molar-refractivity contribution in [2.75, 3.05) is 19.8 Å². The van der Waals surface area contributed by atoms with Crippen LogP contribution in [-0.4, -0.2) is 89.0 Å². The average Bonchev–Trinajstić information content (AvgIpc) is 3.25. The molecule has 0 aromatic carbocycles. The molecular formula is C50H92O10. The van der Waals surface area contributed by atoms with Gasteiger partial charge in [-0.05, 0) is 44.9 Å². The lowest BCUT2D eigenvalue weighted by Gasteiger charge is -2.39. The van der Waals surface area contributed by atoms with E-state index in [2.05, 4.69) is 38.2 Å². The van der Waals surface area contributed by atoms with Gasteiger partial charge in [0.2, 0.25) is 0 Å². The highest BCUT2D eigenvalue weighted by Gasteiger charge is 2.44. The van der Waals surface area contributed by atoms with Gasteiger partial charge in [-0.1, -0.05) is 192 Å². The molecular weight excluding hydrogens is 761 g/mol. The lowest BCUT2D eigenvalue weighted by molar-refractivity contribution is -0.305. The molecule has 1 heterocycles. The fourth-order valence-corrected chi connectivity index (χ4v) is 7.63. The zero-order chi connectivity index (χ0) is 43.7. The largest absolute Gasteiger partial charge is 0.462 e. The zero-order valence-electron chi connectivity index (χ0n) is 38.5. The van der Waals surface area contributed by atoms with E-state index in [1.165, 1.54) is 141 Å². The Balaban J connectivity index is 2.28. The number of hydrogen-bond acceptors (Lipinski definition) is 10. The van der Waals surface area contributed by atoms with Crippen LogP contribution in [0.2, 0.25) is 0 Å². The minimum absolute atomic E-state index is 0.216. The summed E-state index contributed by atoms with van der Waals surface area (Å²) in [6.45, 7) is 3.43. The SMILES string of the molecule is CCCCCC/C=C\C/C=C\CCCCCCCCCC(=O)OC(COC(=O)CCCCCCCCCCCCCCCCCCC)COC1OC(CO)C(O)C(O)C1O. The summed E-state index contributed by atoms with van der Waals surface area (Å²) in [5.74, 6) is -0.804. The molecule has 0 amide bonds. The first kappa shape index (κ1) is 56.2. The fraction of sp³-hybridized carbons (Fsp3) is 0.880. The van der Waals surface area contributed by atoms with E-state index in [-0.39, 0.29) is 32.0 Å². The quantitative estimate of drug-likeness (QED) is 0.0265. The van der Waals surface area contributed by atoms with Gasteiger partial charge in [-0.3, -0.25) is 9.59 Å². The molecule has 0 aromatic heterocycles. The Morgan fingerprint density at radius 3 is 1.40 bits per heavy atom. The van der Waals surface area contributed by atoms with Gasteiger partial charge in [-0.2, -0.15) is 0 Å². The molecule has 6 atom stereocenters. The van der Waals surface area contributed by atoms with Crippen molar-refractivity contribution >= 4 is 11.9 Å². The van der Waals surface area contributed by atoms with E-state index >= 15 is 0 Å². The van der Waals surface area contributed by atoms with E-state index in [0.717, 1.165) is 51.4 Å². The van der Waals surface area contributed by atoms with Crippen LogP contribution >= 0.6 is 0 Å². The lowest BCUT2D eigenvalue weighted by Crippen LogP contribution is -2.59. The third-order valence-corrected chi connectivity index (χ3v) is 11.6. The number of hydrogen-bond donors (Lipinski definition) is 4. The van der Waals surface area contributed by atoms with Gasteiger partial charge in [-0.25, -0.2) is 0 Å². The molecule has 0 bridgehead atoms. The van der Waals surface area contributed by atoms with Crippen LogP contribution in [0.15, 0.2) is 24.3 Å². The van der Waals surface area contributed by atoms with Gasteiger partial charge in [0, 0.05) is 12.8 Å². The molecule has 4 N–H and O–H groups in total. The summed E-state index contributed by atoms with van der Waals surface area (Å²) in [4.78, 5) is 25.4. The summed E-state index contributed by atoms with van der Waals surface area (Å²) in [6, 6.07) is 0. The van der Waals surface area contributed by atoms with Crippen LogP contribution in [-0.2, 0) is 28.5 Å². The maximum Gasteiger partial charge on any atom is 0.306 e. The van der Waals surface area contributed by atoms with E-state index < -0.39 is 49.4 Å². The Bertz CT molecular complexity index is 1030. The molecule has 1 aliphatic rings. The molecule has 1 rings (SSSR count). The monoisotopic (exact) mass is 853 g/mol. The molecule has 0 radical (unpaired) electrons. The minimum atomic E-state index is -1.59. The highest BCUT2D eigenvalue weighted by atomic mass is 16.7. The second-order valence-electron chi connectivity index (χ2n) is 17.3. The third-order valence-electron chi connectivity index (χ3n) is 11.6. The van der Waals surface area contributed by atoms with Crippen LogP contribution in [0, 0.1) is 0 Å². The predicted molar refractivity (Wildman–Crippen MR) is 243 cm³/mol. The lowest BCUT2D eigenvalue weighted by atomic mass is 9.99. The molecule has 0 aromatic rings. The molecule has 10 heteroatoms. The van der Waals surface area contributed by atoms with Crippen molar-refractivity contribution in [2.24, 2.45) is 0 Å². The molecule has 352 valence electrons. The molecule has 0 spiro atoms. The van der Waals surface area contributed by atoms with Crippen LogP contribution in [0.1, 0.15) is 226 Å². The van der Waals surface area contributed by atoms with Crippen LogP contribution in [0.5, 0.6) is 0 Å². The number of carbonyl (C=O) groups excluding carboxylic acids is 2. The molecule has 0 saturated carbocycles. The maximum absolute atomic E-state index is 12.8. The topological polar surface area (TPSA) is 152 Å². The van der Waals surface area contributed by atoms with Crippen molar-refractivity contribution in [3.05, 3.63) is 24.3 Å². The maximum atomic E-state index is 12.8. The summed E-state index contributed by atoms with van der Waals surface area (Å²) in [5.41, 5.74) is 0. The smallest absolute Gasteiger partial charge is 0.306 e. The van der Waals surface area contributed by atoms with Crippen molar-refractivity contribution in [3.8, 4) is 0 Å². The number of allylic oxidation sites excluding steroid dienone is 4. The van der Waals surface area contributed by atoms with Gasteiger partial charge in [0.25, 0.3) is 0 Å². The van der Waals surface area contributed by atoms with Crippen molar-refractivity contribution in [3.63, 3.8) is 0 Å². The zero-order valence-corrected chi connectivity index (χ0v) is 38.5. The first-order chi connectivity index (χ1) is 29.3. The van der Waals surface area contributed by atoms with Crippen LogP contribution in [0.4, 0.5) is 0 Å². The minimum Gasteiger partial charge on any atom is -0.462 e. The van der Waals surface area contributed by atoms with Crippen LogP contribution in [0.25, 0.3) is 0 Å². The number of ether oxygens (including phenoxy) is 4. The average molecular weight is 853 g/mol. The summed E-state index contributed by atoms with van der Waals surface area (Å²) in [6.07, 6.45) is 38.9. The van der Waals surface area contributed by atoms with Gasteiger partial charge < -0.3 is 39.4 Å². The molecule has 0 aliphatic carbocycles. The normalized spacial score (nSPS) is 20.0. The Labute approximate surface area is 366 Å². The third kappa shape index (κ3) is 31.9. The van der Waals surface area contributed by atoms with Crippen LogP contribution in [0.3, 0.4) is 0 Å². The van der Waals surface area contributed by atoms with E-state index in [9.17, 15) is 30.0 Å². The van der Waals surface area contributed by atoms with E-state index in [1.807, 2.05) is 0 Å². The molecule has 10 nitrogen and oxygen atoms in total. The van der Waals surface area contributed by atoms with Gasteiger partial charge in [0.1, 0.15) is 31.0 Å². The van der Waals surface area contributed by atoms with E-state index in [4.69, 9.17) is 18.9 Å². The molecule has 1 fully saturated rings. The molecule has 60 heavy (non-hydrogen) atoms. The van der Waals surface area contributed by atoms with E-state index in [1.54, 1.807) is 0 Å². The summed E-state index contributed by atoms with van der Waals surface area (Å²) < 4.78 is 22.2. The first-order valence-corrected chi connectivity index (χ1v) is 24.9. The number of rotatable bonds is 42. The van der Waals surface area contributed by atoms with E-state index in [0.29, 0.717) is 6.42 Å². The molecule has 6 unspecified atom stereocenters. The second-order valence-corrected chi connectivity index (χ2v) is 17.3. The van der Waals surface area contributed by atoms with Gasteiger partial charge >= 0.3 is 11.9 Å². The summed E-state index contributed by atoms with van der Waals surface area (Å²) in [5, 5.41) is 40.2. The van der Waals surface area contributed by atoms with Crippen molar-refractivity contribution in [2.45, 2.75) is 263 Å². The van der Waals surface area contributed by atoms with Crippen molar-refractivity contribution < 1.29 is 49.0 Å².